The van der Waals surface area contributed by atoms with Crippen molar-refractivity contribution >= 4 is 37.6 Å². The summed E-state index contributed by atoms with van der Waals surface area (Å²) in [5.41, 5.74) is 11.0. The van der Waals surface area contributed by atoms with E-state index >= 15 is 0 Å². The highest BCUT2D eigenvalue weighted by Gasteiger charge is 2.50. The lowest BCUT2D eigenvalue weighted by Gasteiger charge is -2.35. The highest BCUT2D eigenvalue weighted by molar-refractivity contribution is 7.85. The summed E-state index contributed by atoms with van der Waals surface area (Å²) in [4.78, 5) is 5.07. The second-order valence-electron chi connectivity index (χ2n) is 11.4. The van der Waals surface area contributed by atoms with Gasteiger partial charge in [-0.3, -0.25) is 9.45 Å². The second-order valence-corrected chi connectivity index (χ2v) is 13.7. The van der Waals surface area contributed by atoms with Crippen LogP contribution in [0.3, 0.4) is 0 Å². The molecular formula is C28H40N4O3S2. The van der Waals surface area contributed by atoms with Crippen LogP contribution in [0.1, 0.15) is 44.4 Å². The third-order valence-corrected chi connectivity index (χ3v) is 9.01. The van der Waals surface area contributed by atoms with Crippen molar-refractivity contribution < 1.29 is 13.0 Å². The molecule has 9 heteroatoms. The van der Waals surface area contributed by atoms with Crippen LogP contribution in [-0.2, 0) is 27.4 Å². The largest absolute Gasteiger partial charge is 0.353 e. The Kier molecular flexibility index (Phi) is 8.03. The van der Waals surface area contributed by atoms with Gasteiger partial charge in [0.15, 0.2) is 0 Å². The summed E-state index contributed by atoms with van der Waals surface area (Å²) < 4.78 is 31.9. The first-order chi connectivity index (χ1) is 17.3. The molecule has 0 spiro atoms. The minimum atomic E-state index is -3.67. The van der Waals surface area contributed by atoms with Gasteiger partial charge < -0.3 is 10.6 Å². The zero-order valence-electron chi connectivity index (χ0n) is 22.6. The smallest absolute Gasteiger partial charge is 0.261 e. The molecule has 0 bridgehead atoms. The van der Waals surface area contributed by atoms with Crippen molar-refractivity contribution in [1.29, 1.82) is 0 Å². The minimum absolute atomic E-state index is 0.130. The maximum absolute atomic E-state index is 9.19. The van der Waals surface area contributed by atoms with Crippen LogP contribution in [0.15, 0.2) is 42.5 Å². The van der Waals surface area contributed by atoms with Crippen LogP contribution in [-0.4, -0.2) is 67.8 Å². The second kappa shape index (κ2) is 10.6. The SMILES string of the molecule is CC1(C)c2ccc(CCN3CCN(c4nsc5ccccc45)CC3)cc2C(C)(C)C1CN.CS(=O)(=O)O. The number of anilines is 1. The summed E-state index contributed by atoms with van der Waals surface area (Å²) in [6, 6.07) is 15.8. The Morgan fingerprint density at radius 1 is 1.03 bits per heavy atom. The Morgan fingerprint density at radius 2 is 1.65 bits per heavy atom. The summed E-state index contributed by atoms with van der Waals surface area (Å²) in [7, 11) is -3.67. The zero-order valence-corrected chi connectivity index (χ0v) is 24.2. The van der Waals surface area contributed by atoms with E-state index in [-0.39, 0.29) is 10.8 Å². The molecule has 5 rings (SSSR count). The lowest BCUT2D eigenvalue weighted by Crippen LogP contribution is -2.47. The average molecular weight is 545 g/mol. The van der Waals surface area contributed by atoms with Gasteiger partial charge in [-0.15, -0.1) is 0 Å². The molecular weight excluding hydrogens is 504 g/mol. The summed E-state index contributed by atoms with van der Waals surface area (Å²) in [6.45, 7) is 15.7. The molecule has 3 N–H and O–H groups in total. The van der Waals surface area contributed by atoms with Crippen molar-refractivity contribution in [3.05, 3.63) is 59.2 Å². The highest BCUT2D eigenvalue weighted by atomic mass is 32.2. The van der Waals surface area contributed by atoms with Crippen molar-refractivity contribution in [2.75, 3.05) is 50.4 Å². The van der Waals surface area contributed by atoms with Gasteiger partial charge in [-0.05, 0) is 70.1 Å². The van der Waals surface area contributed by atoms with Crippen molar-refractivity contribution in [1.82, 2.24) is 9.27 Å². The molecule has 1 saturated heterocycles. The Labute approximate surface area is 225 Å². The van der Waals surface area contributed by atoms with E-state index in [1.165, 1.54) is 32.6 Å². The third kappa shape index (κ3) is 6.01. The number of hydrogen-bond donors (Lipinski definition) is 2. The molecule has 1 atom stereocenters. The highest BCUT2D eigenvalue weighted by Crippen LogP contribution is 2.53. The van der Waals surface area contributed by atoms with E-state index < -0.39 is 10.1 Å². The molecule has 2 heterocycles. The molecule has 1 aromatic heterocycles. The maximum atomic E-state index is 9.19. The van der Waals surface area contributed by atoms with Crippen LogP contribution in [0.5, 0.6) is 0 Å². The number of nitrogens with zero attached hydrogens (tertiary/aromatic N) is 3. The first-order valence-electron chi connectivity index (χ1n) is 12.9. The van der Waals surface area contributed by atoms with Crippen molar-refractivity contribution in [2.24, 2.45) is 11.7 Å². The fourth-order valence-corrected chi connectivity index (χ4v) is 7.08. The Morgan fingerprint density at radius 3 is 2.30 bits per heavy atom. The van der Waals surface area contributed by atoms with Crippen molar-refractivity contribution in [3.8, 4) is 0 Å². The molecule has 7 nitrogen and oxygen atoms in total. The number of nitrogens with two attached hydrogens (primary N) is 1. The molecule has 1 aliphatic heterocycles. The molecule has 37 heavy (non-hydrogen) atoms. The topological polar surface area (TPSA) is 99.8 Å². The Balaban J connectivity index is 0.000000586. The van der Waals surface area contributed by atoms with Gasteiger partial charge in [0.1, 0.15) is 5.82 Å². The minimum Gasteiger partial charge on any atom is -0.353 e. The molecule has 1 aliphatic carbocycles. The molecule has 3 aromatic rings. The van der Waals surface area contributed by atoms with Gasteiger partial charge in [-0.1, -0.05) is 58.0 Å². The first kappa shape index (κ1) is 28.0. The maximum Gasteiger partial charge on any atom is 0.261 e. The van der Waals surface area contributed by atoms with Crippen LogP contribution < -0.4 is 10.6 Å². The lowest BCUT2D eigenvalue weighted by atomic mass is 9.70. The van der Waals surface area contributed by atoms with E-state index in [4.69, 9.17) is 14.7 Å². The van der Waals surface area contributed by atoms with E-state index in [0.29, 0.717) is 12.2 Å². The van der Waals surface area contributed by atoms with Gasteiger partial charge in [0.05, 0.1) is 11.0 Å². The summed E-state index contributed by atoms with van der Waals surface area (Å²) in [5, 5.41) is 1.30. The van der Waals surface area contributed by atoms with E-state index in [1.54, 1.807) is 11.5 Å². The molecule has 0 amide bonds. The molecule has 1 unspecified atom stereocenters. The van der Waals surface area contributed by atoms with Gasteiger partial charge in [-0.25, -0.2) is 0 Å². The standard InChI is InChI=1S/C27H36N4S.CH4O3S/c1-26(2)21-10-9-19(17-22(21)27(3,4)24(26)18-28)11-12-30-13-15-31(16-14-30)25-20-7-5-6-8-23(20)32-29-25;1-5(2,3)4/h5-10,17,24H,11-16,18,28H2,1-4H3;1H3,(H,2,3,4). The van der Waals surface area contributed by atoms with Crippen molar-refractivity contribution in [2.45, 2.75) is 44.9 Å². The molecule has 1 fully saturated rings. The fraction of sp³-hybridized carbons (Fsp3) is 0.536. The molecule has 202 valence electrons. The van der Waals surface area contributed by atoms with Gasteiger partial charge in [0, 0.05) is 38.1 Å². The monoisotopic (exact) mass is 544 g/mol. The predicted molar refractivity (Wildman–Crippen MR) is 154 cm³/mol. The van der Waals surface area contributed by atoms with Crippen LogP contribution in [0.25, 0.3) is 10.1 Å². The molecule has 0 radical (unpaired) electrons. The number of benzene rings is 2. The number of piperazine rings is 1. The number of fused-ring (bicyclic) bond motifs is 2. The van der Waals surface area contributed by atoms with Crippen LogP contribution >= 0.6 is 11.5 Å². The summed E-state index contributed by atoms with van der Waals surface area (Å²) >= 11 is 1.61. The van der Waals surface area contributed by atoms with Crippen LogP contribution in [0.4, 0.5) is 5.82 Å². The fourth-order valence-electron chi connectivity index (χ4n) is 6.28. The zero-order chi connectivity index (χ0) is 27.0. The van der Waals surface area contributed by atoms with Gasteiger partial charge >= 0.3 is 0 Å². The quantitative estimate of drug-likeness (QED) is 0.462. The lowest BCUT2D eigenvalue weighted by molar-refractivity contribution is 0.248. The first-order valence-corrected chi connectivity index (χ1v) is 15.5. The summed E-state index contributed by atoms with van der Waals surface area (Å²) in [6.07, 6.45) is 1.82. The van der Waals surface area contributed by atoms with E-state index in [1.807, 2.05) is 0 Å². The Hall–Kier alpha value is -2.04. The number of rotatable bonds is 5. The third-order valence-electron chi connectivity index (χ3n) is 8.20. The van der Waals surface area contributed by atoms with E-state index in [9.17, 15) is 8.42 Å². The Bertz CT molecular complexity index is 1330. The average Bonchev–Trinajstić information content (AvgIpc) is 3.32. The summed E-state index contributed by atoms with van der Waals surface area (Å²) in [5.74, 6) is 1.65. The normalized spacial score (nSPS) is 20.9. The van der Waals surface area contributed by atoms with Crippen molar-refractivity contribution in [3.63, 3.8) is 0 Å². The van der Waals surface area contributed by atoms with E-state index in [0.717, 1.165) is 45.7 Å². The van der Waals surface area contributed by atoms with Crippen LogP contribution in [0.2, 0.25) is 0 Å². The van der Waals surface area contributed by atoms with Crippen LogP contribution in [0, 0.1) is 5.92 Å². The number of hydrogen-bond acceptors (Lipinski definition) is 7. The van der Waals surface area contributed by atoms with Gasteiger partial charge in [-0.2, -0.15) is 12.8 Å². The molecule has 2 aromatic carbocycles. The molecule has 0 saturated carbocycles. The van der Waals surface area contributed by atoms with Gasteiger partial charge in [0.2, 0.25) is 0 Å². The van der Waals surface area contributed by atoms with E-state index in [2.05, 4.69) is 80.0 Å². The predicted octanol–water partition coefficient (Wildman–Crippen LogP) is 4.31. The number of aromatic nitrogens is 1. The van der Waals surface area contributed by atoms with Gasteiger partial charge in [0.25, 0.3) is 10.1 Å². The molecule has 2 aliphatic rings.